The van der Waals surface area contributed by atoms with Gasteiger partial charge in [0.1, 0.15) is 12.0 Å². The second kappa shape index (κ2) is 12.0. The fourth-order valence-electron chi connectivity index (χ4n) is 4.56. The molecule has 1 atom stereocenters. The molecule has 2 fully saturated rings. The van der Waals surface area contributed by atoms with Crippen molar-refractivity contribution in [3.63, 3.8) is 0 Å². The second-order valence-electron chi connectivity index (χ2n) is 9.37. The highest BCUT2D eigenvalue weighted by molar-refractivity contribution is 6.04. The monoisotopic (exact) mass is 502 g/mol. The van der Waals surface area contributed by atoms with Crippen molar-refractivity contribution in [1.29, 1.82) is 0 Å². The molecule has 2 aromatic rings. The average molecular weight is 503 g/mol. The third kappa shape index (κ3) is 6.63. The predicted molar refractivity (Wildman–Crippen MR) is 131 cm³/mol. The van der Waals surface area contributed by atoms with E-state index in [0.717, 1.165) is 16.8 Å². The molecule has 0 spiro atoms. The van der Waals surface area contributed by atoms with Crippen molar-refractivity contribution in [3.8, 4) is 0 Å². The zero-order chi connectivity index (χ0) is 26.4. The third-order valence-electron chi connectivity index (χ3n) is 6.72. The van der Waals surface area contributed by atoms with E-state index in [1.165, 1.54) is 18.3 Å². The van der Waals surface area contributed by atoms with Crippen LogP contribution in [0.2, 0.25) is 0 Å². The molecular weight excluding hydrogens is 470 g/mol. The first-order valence-corrected chi connectivity index (χ1v) is 11.9. The Bertz CT molecular complexity index is 1090. The first-order chi connectivity index (χ1) is 17.1. The van der Waals surface area contributed by atoms with Gasteiger partial charge in [-0.05, 0) is 69.0 Å². The summed E-state index contributed by atoms with van der Waals surface area (Å²) < 4.78 is 27.6. The van der Waals surface area contributed by atoms with Crippen molar-refractivity contribution < 1.29 is 28.3 Å². The average Bonchev–Trinajstić information content (AvgIpc) is 2.80. The Balaban J connectivity index is 0.00000115. The van der Waals surface area contributed by atoms with E-state index in [1.54, 1.807) is 12.1 Å². The van der Waals surface area contributed by atoms with Gasteiger partial charge < -0.3 is 15.3 Å². The molecule has 2 amide bonds. The number of anilines is 1. The van der Waals surface area contributed by atoms with Crippen LogP contribution in [0.1, 0.15) is 46.9 Å². The lowest BCUT2D eigenvalue weighted by molar-refractivity contribution is -0.145. The maximum absolute atomic E-state index is 14.4. The van der Waals surface area contributed by atoms with Crippen LogP contribution < -0.4 is 5.32 Å². The lowest BCUT2D eigenvalue weighted by Gasteiger charge is -2.43. The molecular formula is C26H32F2N4O4. The fourth-order valence-corrected chi connectivity index (χ4v) is 4.56. The van der Waals surface area contributed by atoms with Gasteiger partial charge >= 0.3 is 0 Å². The van der Waals surface area contributed by atoms with E-state index in [1.807, 2.05) is 25.7 Å². The summed E-state index contributed by atoms with van der Waals surface area (Å²) in [7, 11) is 0. The predicted octanol–water partition coefficient (Wildman–Crippen LogP) is 3.57. The summed E-state index contributed by atoms with van der Waals surface area (Å²) in [5, 5.41) is 9.69. The molecule has 2 N–H and O–H groups in total. The van der Waals surface area contributed by atoms with Gasteiger partial charge in [-0.25, -0.2) is 8.78 Å². The van der Waals surface area contributed by atoms with Crippen LogP contribution in [0.25, 0.3) is 0 Å². The molecule has 0 bridgehead atoms. The Morgan fingerprint density at radius 2 is 1.92 bits per heavy atom. The zero-order valence-corrected chi connectivity index (χ0v) is 20.7. The quantitative estimate of drug-likeness (QED) is 0.606. The molecule has 1 saturated heterocycles. The molecule has 1 aromatic carbocycles. The maximum atomic E-state index is 14.4. The molecule has 1 aliphatic carbocycles. The van der Waals surface area contributed by atoms with Crippen LogP contribution in [0.3, 0.4) is 0 Å². The lowest BCUT2D eigenvalue weighted by atomic mass is 9.82. The number of aryl methyl sites for hydroxylation is 1. The Kier molecular flexibility index (Phi) is 9.08. The van der Waals surface area contributed by atoms with Crippen molar-refractivity contribution in [3.05, 3.63) is 58.7 Å². The second-order valence-corrected chi connectivity index (χ2v) is 9.37. The SMILES string of the molecule is Cc1ccc(C(=O)Nc2cc(F)cc(CN3CCN(C(=O)C4CC(F)C4)[C@@H](C)C3)c2C)cn1.O=CO. The topological polar surface area (TPSA) is 103 Å². The lowest BCUT2D eigenvalue weighted by Crippen LogP contribution is -2.56. The van der Waals surface area contributed by atoms with E-state index in [9.17, 15) is 18.4 Å². The number of hydrogen-bond acceptors (Lipinski definition) is 5. The highest BCUT2D eigenvalue weighted by Crippen LogP contribution is 2.33. The number of nitrogens with zero attached hydrogens (tertiary/aromatic N) is 3. The first kappa shape index (κ1) is 27.2. The number of benzene rings is 1. The number of rotatable bonds is 5. The van der Waals surface area contributed by atoms with Gasteiger partial charge in [-0.3, -0.25) is 24.3 Å². The van der Waals surface area contributed by atoms with E-state index in [-0.39, 0.29) is 30.2 Å². The highest BCUT2D eigenvalue weighted by atomic mass is 19.1. The number of nitrogens with one attached hydrogen (secondary N) is 1. The van der Waals surface area contributed by atoms with Crippen molar-refractivity contribution in [2.45, 2.75) is 52.4 Å². The number of pyridine rings is 1. The molecule has 0 radical (unpaired) electrons. The number of piperazine rings is 1. The molecule has 2 aliphatic rings. The molecule has 2 heterocycles. The van der Waals surface area contributed by atoms with Crippen molar-refractivity contribution >= 4 is 24.0 Å². The van der Waals surface area contributed by atoms with Gasteiger partial charge in [-0.2, -0.15) is 0 Å². The molecule has 4 rings (SSSR count). The van der Waals surface area contributed by atoms with Crippen molar-refractivity contribution in [2.24, 2.45) is 5.92 Å². The largest absolute Gasteiger partial charge is 0.483 e. The molecule has 10 heteroatoms. The van der Waals surface area contributed by atoms with E-state index in [2.05, 4.69) is 15.2 Å². The Morgan fingerprint density at radius 3 is 2.50 bits per heavy atom. The van der Waals surface area contributed by atoms with E-state index in [4.69, 9.17) is 9.90 Å². The standard InChI is InChI=1S/C25H30F2N4O2.CH2O2/c1-15-4-5-18(12-28-15)24(32)29-23-11-22(27)10-20(17(23)3)14-30-6-7-31(16(2)13-30)25(33)19-8-21(26)9-19;2-1-3/h4-5,10-12,16,19,21H,6-9,13-14H2,1-3H3,(H,29,32);1H,(H,2,3)/t16-,19?,21?;/m0./s1. The molecule has 0 unspecified atom stereocenters. The smallest absolute Gasteiger partial charge is 0.290 e. The number of amides is 2. The molecule has 1 aliphatic heterocycles. The van der Waals surface area contributed by atoms with Gasteiger partial charge in [0.05, 0.1) is 5.56 Å². The van der Waals surface area contributed by atoms with Crippen LogP contribution >= 0.6 is 0 Å². The molecule has 1 aromatic heterocycles. The summed E-state index contributed by atoms with van der Waals surface area (Å²) in [6.45, 7) is 7.86. The number of carbonyl (C=O) groups excluding carboxylic acids is 2. The fraction of sp³-hybridized carbons (Fsp3) is 0.462. The molecule has 8 nitrogen and oxygen atoms in total. The van der Waals surface area contributed by atoms with Crippen LogP contribution in [0, 0.1) is 25.6 Å². The zero-order valence-electron chi connectivity index (χ0n) is 20.7. The van der Waals surface area contributed by atoms with Gasteiger partial charge in [0, 0.05) is 55.7 Å². The van der Waals surface area contributed by atoms with E-state index >= 15 is 0 Å². The van der Waals surface area contributed by atoms with Crippen LogP contribution in [0.4, 0.5) is 14.5 Å². The number of carbonyl (C=O) groups is 3. The molecule has 194 valence electrons. The minimum absolute atomic E-state index is 0.00647. The number of aromatic nitrogens is 1. The first-order valence-electron chi connectivity index (χ1n) is 11.9. The van der Waals surface area contributed by atoms with Crippen LogP contribution in [0.5, 0.6) is 0 Å². The highest BCUT2D eigenvalue weighted by Gasteiger charge is 2.39. The van der Waals surface area contributed by atoms with Gasteiger partial charge in [0.2, 0.25) is 5.91 Å². The number of carboxylic acid groups (broad SMARTS) is 1. The van der Waals surface area contributed by atoms with Gasteiger partial charge in [0.25, 0.3) is 12.4 Å². The van der Waals surface area contributed by atoms with Gasteiger partial charge in [0.15, 0.2) is 0 Å². The minimum atomic E-state index is -0.844. The summed E-state index contributed by atoms with van der Waals surface area (Å²) in [5.74, 6) is -0.891. The summed E-state index contributed by atoms with van der Waals surface area (Å²) in [6.07, 6.45) is 1.33. The minimum Gasteiger partial charge on any atom is -0.483 e. The van der Waals surface area contributed by atoms with E-state index < -0.39 is 12.0 Å². The normalized spacial score (nSPS) is 21.6. The van der Waals surface area contributed by atoms with Gasteiger partial charge in [-0.1, -0.05) is 0 Å². The van der Waals surface area contributed by atoms with E-state index in [0.29, 0.717) is 50.3 Å². The summed E-state index contributed by atoms with van der Waals surface area (Å²) in [4.78, 5) is 41.8. The van der Waals surface area contributed by atoms with Crippen LogP contribution in [0.15, 0.2) is 30.5 Å². The molecule has 36 heavy (non-hydrogen) atoms. The Hall–Kier alpha value is -3.40. The van der Waals surface area contributed by atoms with Gasteiger partial charge in [-0.15, -0.1) is 0 Å². The van der Waals surface area contributed by atoms with Crippen molar-refractivity contribution in [2.75, 3.05) is 25.0 Å². The molecule has 1 saturated carbocycles. The summed E-state index contributed by atoms with van der Waals surface area (Å²) in [5.41, 5.74) is 3.25. The summed E-state index contributed by atoms with van der Waals surface area (Å²) in [6, 6.07) is 6.27. The Morgan fingerprint density at radius 1 is 1.22 bits per heavy atom. The van der Waals surface area contributed by atoms with Crippen molar-refractivity contribution in [1.82, 2.24) is 14.8 Å². The van der Waals surface area contributed by atoms with Crippen LogP contribution in [-0.2, 0) is 16.1 Å². The Labute approximate surface area is 209 Å². The van der Waals surface area contributed by atoms with Crippen LogP contribution in [-0.4, -0.2) is 70.0 Å². The number of halogens is 2. The number of hydrogen-bond donors (Lipinski definition) is 2. The maximum Gasteiger partial charge on any atom is 0.290 e. The number of alkyl halides is 1. The summed E-state index contributed by atoms with van der Waals surface area (Å²) >= 11 is 0. The third-order valence-corrected chi connectivity index (χ3v) is 6.72.